The van der Waals surface area contributed by atoms with Gasteiger partial charge in [-0.3, -0.25) is 4.79 Å². The van der Waals surface area contributed by atoms with E-state index in [4.69, 9.17) is 0 Å². The van der Waals surface area contributed by atoms with Crippen LogP contribution in [0, 0.1) is 0 Å². The Balaban J connectivity index is 2.27. The zero-order valence-electron chi connectivity index (χ0n) is 10.5. The summed E-state index contributed by atoms with van der Waals surface area (Å²) in [6, 6.07) is 0. The molecule has 92 valence electrons. The topological polar surface area (TPSA) is 49.4 Å². The molecule has 4 heteroatoms. The van der Waals surface area contributed by atoms with Crippen molar-refractivity contribution in [3.8, 4) is 0 Å². The number of nitrogens with one attached hydrogen (secondary N) is 1. The molecule has 0 bridgehead atoms. The van der Waals surface area contributed by atoms with Gasteiger partial charge in [0, 0.05) is 24.9 Å². The summed E-state index contributed by atoms with van der Waals surface area (Å²) >= 11 is 0. The lowest BCUT2D eigenvalue weighted by atomic mass is 9.75. The van der Waals surface area contributed by atoms with E-state index in [9.17, 15) is 9.59 Å². The number of carbonyl (C=O) groups is 2. The smallest absolute Gasteiger partial charge is 0.220 e. The van der Waals surface area contributed by atoms with Crippen molar-refractivity contribution >= 4 is 11.7 Å². The SMILES string of the molecule is CC(=O)CCC(=O)NCC1(N(C)C)CCC1. The van der Waals surface area contributed by atoms with Gasteiger partial charge in [-0.15, -0.1) is 0 Å². The standard InChI is InChI=1S/C12H22N2O2/c1-10(15)5-6-11(16)13-9-12(14(2)3)7-4-8-12/h4-9H2,1-3H3,(H,13,16). The van der Waals surface area contributed by atoms with Crippen molar-refractivity contribution in [2.45, 2.75) is 44.6 Å². The summed E-state index contributed by atoms with van der Waals surface area (Å²) in [5.74, 6) is 0.0597. The normalized spacial score (nSPS) is 18.0. The van der Waals surface area contributed by atoms with Crippen LogP contribution < -0.4 is 5.32 Å². The number of rotatable bonds is 6. The second kappa shape index (κ2) is 5.43. The minimum absolute atomic E-state index is 0.0108. The molecule has 1 N–H and O–H groups in total. The molecule has 1 fully saturated rings. The lowest BCUT2D eigenvalue weighted by Gasteiger charge is -2.47. The van der Waals surface area contributed by atoms with Crippen molar-refractivity contribution in [2.75, 3.05) is 20.6 Å². The van der Waals surface area contributed by atoms with Crippen LogP contribution in [-0.4, -0.2) is 42.8 Å². The minimum atomic E-state index is -0.0108. The molecule has 0 aromatic carbocycles. The fourth-order valence-electron chi connectivity index (χ4n) is 2.01. The van der Waals surface area contributed by atoms with E-state index >= 15 is 0 Å². The molecular formula is C12H22N2O2. The van der Waals surface area contributed by atoms with Gasteiger partial charge in [-0.2, -0.15) is 0 Å². The van der Waals surface area contributed by atoms with E-state index in [-0.39, 0.29) is 17.2 Å². The van der Waals surface area contributed by atoms with Gasteiger partial charge < -0.3 is 15.0 Å². The van der Waals surface area contributed by atoms with E-state index in [1.165, 1.54) is 13.3 Å². The monoisotopic (exact) mass is 226 g/mol. The fraction of sp³-hybridized carbons (Fsp3) is 0.833. The molecule has 0 aliphatic heterocycles. The molecule has 4 nitrogen and oxygen atoms in total. The first-order valence-corrected chi connectivity index (χ1v) is 5.90. The van der Waals surface area contributed by atoms with E-state index in [2.05, 4.69) is 24.3 Å². The third kappa shape index (κ3) is 3.30. The molecule has 0 radical (unpaired) electrons. The number of hydrogen-bond acceptors (Lipinski definition) is 3. The quantitative estimate of drug-likeness (QED) is 0.734. The summed E-state index contributed by atoms with van der Waals surface area (Å²) in [5, 5.41) is 2.93. The van der Waals surface area contributed by atoms with Crippen LogP contribution in [0.15, 0.2) is 0 Å². The molecule has 1 rings (SSSR count). The Morgan fingerprint density at radius 2 is 1.88 bits per heavy atom. The highest BCUT2D eigenvalue weighted by Gasteiger charge is 2.38. The average Bonchev–Trinajstić information content (AvgIpc) is 2.12. The number of Topliss-reactive ketones (excluding diaryl/α,β-unsaturated/α-hetero) is 1. The molecule has 0 aromatic rings. The lowest BCUT2D eigenvalue weighted by molar-refractivity contribution is -0.125. The number of amides is 1. The van der Waals surface area contributed by atoms with Crippen LogP contribution in [0.4, 0.5) is 0 Å². The summed E-state index contributed by atoms with van der Waals surface area (Å²) < 4.78 is 0. The van der Waals surface area contributed by atoms with Crippen LogP contribution >= 0.6 is 0 Å². The first-order chi connectivity index (χ1) is 7.46. The predicted molar refractivity (Wildman–Crippen MR) is 63.2 cm³/mol. The molecule has 1 amide bonds. The molecule has 0 unspecified atom stereocenters. The summed E-state index contributed by atoms with van der Waals surface area (Å²) in [6.07, 6.45) is 4.20. The maximum absolute atomic E-state index is 11.5. The van der Waals surface area contributed by atoms with E-state index in [1.54, 1.807) is 0 Å². The van der Waals surface area contributed by atoms with Crippen molar-refractivity contribution in [3.63, 3.8) is 0 Å². The average molecular weight is 226 g/mol. The van der Waals surface area contributed by atoms with E-state index < -0.39 is 0 Å². The number of hydrogen-bond donors (Lipinski definition) is 1. The van der Waals surface area contributed by atoms with Crippen molar-refractivity contribution in [2.24, 2.45) is 0 Å². The van der Waals surface area contributed by atoms with Gasteiger partial charge in [-0.25, -0.2) is 0 Å². The predicted octanol–water partition coefficient (Wildman–Crippen LogP) is 0.956. The summed E-state index contributed by atoms with van der Waals surface area (Å²) in [7, 11) is 4.11. The first kappa shape index (κ1) is 13.2. The third-order valence-electron chi connectivity index (χ3n) is 3.55. The Kier molecular flexibility index (Phi) is 4.47. The lowest BCUT2D eigenvalue weighted by Crippen LogP contribution is -2.57. The van der Waals surface area contributed by atoms with Gasteiger partial charge in [-0.1, -0.05) is 0 Å². The fourth-order valence-corrected chi connectivity index (χ4v) is 2.01. The largest absolute Gasteiger partial charge is 0.354 e. The molecule has 16 heavy (non-hydrogen) atoms. The van der Waals surface area contributed by atoms with Gasteiger partial charge >= 0.3 is 0 Å². The second-order valence-electron chi connectivity index (χ2n) is 4.95. The number of carbonyl (C=O) groups excluding carboxylic acids is 2. The molecule has 1 aliphatic carbocycles. The molecule has 0 aromatic heterocycles. The highest BCUT2D eigenvalue weighted by molar-refractivity contribution is 5.83. The Labute approximate surface area is 97.4 Å². The maximum Gasteiger partial charge on any atom is 0.220 e. The van der Waals surface area contributed by atoms with E-state index in [1.807, 2.05) is 0 Å². The molecular weight excluding hydrogens is 204 g/mol. The van der Waals surface area contributed by atoms with Crippen LogP contribution in [0.25, 0.3) is 0 Å². The Hall–Kier alpha value is -0.900. The molecule has 1 saturated carbocycles. The van der Waals surface area contributed by atoms with Gasteiger partial charge in [0.15, 0.2) is 0 Å². The van der Waals surface area contributed by atoms with Gasteiger partial charge in [0.05, 0.1) is 0 Å². The van der Waals surface area contributed by atoms with Gasteiger partial charge in [0.1, 0.15) is 5.78 Å². The van der Waals surface area contributed by atoms with Crippen LogP contribution in [0.1, 0.15) is 39.0 Å². The molecule has 1 aliphatic rings. The first-order valence-electron chi connectivity index (χ1n) is 5.90. The maximum atomic E-state index is 11.5. The van der Waals surface area contributed by atoms with Crippen LogP contribution in [0.5, 0.6) is 0 Å². The zero-order valence-corrected chi connectivity index (χ0v) is 10.5. The number of likely N-dealkylation sites (N-methyl/N-ethyl adjacent to an activating group) is 1. The van der Waals surface area contributed by atoms with Crippen molar-refractivity contribution in [1.29, 1.82) is 0 Å². The highest BCUT2D eigenvalue weighted by Crippen LogP contribution is 2.35. The van der Waals surface area contributed by atoms with Crippen LogP contribution in [0.3, 0.4) is 0 Å². The Morgan fingerprint density at radius 3 is 2.25 bits per heavy atom. The number of nitrogens with zero attached hydrogens (tertiary/aromatic N) is 1. The van der Waals surface area contributed by atoms with Crippen LogP contribution in [-0.2, 0) is 9.59 Å². The van der Waals surface area contributed by atoms with Gasteiger partial charge in [0.2, 0.25) is 5.91 Å². The van der Waals surface area contributed by atoms with Crippen LogP contribution in [0.2, 0.25) is 0 Å². The van der Waals surface area contributed by atoms with Gasteiger partial charge in [-0.05, 0) is 40.3 Å². The molecule has 0 heterocycles. The van der Waals surface area contributed by atoms with Gasteiger partial charge in [0.25, 0.3) is 0 Å². The molecule has 0 saturated heterocycles. The summed E-state index contributed by atoms with van der Waals surface area (Å²) in [6.45, 7) is 2.22. The second-order valence-corrected chi connectivity index (χ2v) is 4.95. The third-order valence-corrected chi connectivity index (χ3v) is 3.55. The Morgan fingerprint density at radius 1 is 1.25 bits per heavy atom. The zero-order chi connectivity index (χ0) is 12.2. The summed E-state index contributed by atoms with van der Waals surface area (Å²) in [4.78, 5) is 24.4. The molecule has 0 atom stereocenters. The Bertz CT molecular complexity index is 270. The summed E-state index contributed by atoms with van der Waals surface area (Å²) in [5.41, 5.74) is 0.159. The van der Waals surface area contributed by atoms with Crippen molar-refractivity contribution < 1.29 is 9.59 Å². The minimum Gasteiger partial charge on any atom is -0.354 e. The van der Waals surface area contributed by atoms with E-state index in [0.29, 0.717) is 19.4 Å². The highest BCUT2D eigenvalue weighted by atomic mass is 16.2. The molecule has 0 spiro atoms. The van der Waals surface area contributed by atoms with E-state index in [0.717, 1.165) is 12.8 Å². The van der Waals surface area contributed by atoms with Crippen molar-refractivity contribution in [1.82, 2.24) is 10.2 Å². The number of ketones is 1. The van der Waals surface area contributed by atoms with Crippen molar-refractivity contribution in [3.05, 3.63) is 0 Å².